The molecule has 20 heavy (non-hydrogen) atoms. The number of rotatable bonds is 3. The van der Waals surface area contributed by atoms with Crippen LogP contribution in [-0.2, 0) is 0 Å². The average Bonchev–Trinajstić information content (AvgIpc) is 2.56. The second-order valence-corrected chi connectivity index (χ2v) is 4.39. The Morgan fingerprint density at radius 3 is 1.90 bits per heavy atom. The average molecular weight is 262 g/mol. The zero-order valence-corrected chi connectivity index (χ0v) is 10.8. The van der Waals surface area contributed by atoms with Gasteiger partial charge in [-0.15, -0.1) is 10.2 Å². The maximum absolute atomic E-state index is 5.27. The number of nitrogens with two attached hydrogens (primary N) is 1. The predicted octanol–water partition coefficient (Wildman–Crippen LogP) is 3.10. The fourth-order valence-electron chi connectivity index (χ4n) is 2.03. The van der Waals surface area contributed by atoms with Crippen molar-refractivity contribution < 1.29 is 0 Å². The lowest BCUT2D eigenvalue weighted by Gasteiger charge is -2.04. The highest BCUT2D eigenvalue weighted by Crippen LogP contribution is 2.23. The Kier molecular flexibility index (Phi) is 3.39. The van der Waals surface area contributed by atoms with E-state index >= 15 is 0 Å². The molecule has 0 spiro atoms. The molecule has 0 saturated carbocycles. The molecule has 0 aliphatic rings. The highest BCUT2D eigenvalue weighted by molar-refractivity contribution is 5.68. The van der Waals surface area contributed by atoms with E-state index in [9.17, 15) is 0 Å². The molecule has 3 aromatic rings. The minimum absolute atomic E-state index is 0.551. The van der Waals surface area contributed by atoms with Gasteiger partial charge >= 0.3 is 0 Å². The summed E-state index contributed by atoms with van der Waals surface area (Å²) in [6.07, 6.45) is 0. The Morgan fingerprint density at radius 1 is 0.650 bits per heavy atom. The van der Waals surface area contributed by atoms with Crippen molar-refractivity contribution >= 4 is 5.82 Å². The standard InChI is InChI=1S/C16H14N4/c17-18-16-11-10-15(19-20-16)14-8-6-13(7-9-14)12-4-2-1-3-5-12/h1-11H,17H2,(H,18,20). The van der Waals surface area contributed by atoms with E-state index in [1.54, 1.807) is 6.07 Å². The van der Waals surface area contributed by atoms with E-state index in [4.69, 9.17) is 5.84 Å². The molecule has 4 nitrogen and oxygen atoms in total. The summed E-state index contributed by atoms with van der Waals surface area (Å²) in [7, 11) is 0. The first-order valence-corrected chi connectivity index (χ1v) is 6.33. The molecule has 3 rings (SSSR count). The van der Waals surface area contributed by atoms with Gasteiger partial charge in [-0.05, 0) is 23.3 Å². The number of aromatic nitrogens is 2. The molecule has 2 aromatic carbocycles. The Hall–Kier alpha value is -2.72. The lowest BCUT2D eigenvalue weighted by atomic mass is 10.0. The molecule has 4 heteroatoms. The monoisotopic (exact) mass is 262 g/mol. The van der Waals surface area contributed by atoms with Gasteiger partial charge in [0, 0.05) is 5.56 Å². The minimum Gasteiger partial charge on any atom is -0.307 e. The first-order valence-electron chi connectivity index (χ1n) is 6.33. The molecule has 0 amide bonds. The summed E-state index contributed by atoms with van der Waals surface area (Å²) in [6, 6.07) is 22.2. The lowest BCUT2D eigenvalue weighted by molar-refractivity contribution is 1.03. The summed E-state index contributed by atoms with van der Waals surface area (Å²) < 4.78 is 0. The Morgan fingerprint density at radius 2 is 1.30 bits per heavy atom. The Labute approximate surface area is 117 Å². The molecule has 0 radical (unpaired) electrons. The largest absolute Gasteiger partial charge is 0.307 e. The summed E-state index contributed by atoms with van der Waals surface area (Å²) >= 11 is 0. The Balaban J connectivity index is 1.89. The summed E-state index contributed by atoms with van der Waals surface area (Å²) in [5.41, 5.74) is 6.70. The van der Waals surface area contributed by atoms with E-state index in [1.165, 1.54) is 11.1 Å². The van der Waals surface area contributed by atoms with E-state index in [0.717, 1.165) is 11.3 Å². The van der Waals surface area contributed by atoms with Crippen LogP contribution >= 0.6 is 0 Å². The van der Waals surface area contributed by atoms with Crippen LogP contribution in [-0.4, -0.2) is 10.2 Å². The van der Waals surface area contributed by atoms with E-state index in [-0.39, 0.29) is 0 Å². The number of benzene rings is 2. The van der Waals surface area contributed by atoms with Gasteiger partial charge in [-0.2, -0.15) is 0 Å². The van der Waals surface area contributed by atoms with Crippen molar-refractivity contribution in [2.75, 3.05) is 5.43 Å². The smallest absolute Gasteiger partial charge is 0.162 e. The molecule has 0 atom stereocenters. The number of anilines is 1. The third kappa shape index (κ3) is 2.50. The van der Waals surface area contributed by atoms with Crippen LogP contribution in [0.1, 0.15) is 0 Å². The van der Waals surface area contributed by atoms with E-state index in [1.807, 2.05) is 36.4 Å². The number of nitrogens with one attached hydrogen (secondary N) is 1. The quantitative estimate of drug-likeness (QED) is 0.562. The number of hydrogen-bond acceptors (Lipinski definition) is 4. The van der Waals surface area contributed by atoms with Gasteiger partial charge in [0.25, 0.3) is 0 Å². The van der Waals surface area contributed by atoms with E-state index < -0.39 is 0 Å². The molecule has 0 fully saturated rings. The predicted molar refractivity (Wildman–Crippen MR) is 80.7 cm³/mol. The van der Waals surface area contributed by atoms with Crippen molar-refractivity contribution in [1.29, 1.82) is 0 Å². The van der Waals surface area contributed by atoms with Crippen LogP contribution in [0.15, 0.2) is 66.7 Å². The number of nitrogens with zero attached hydrogens (tertiary/aromatic N) is 2. The van der Waals surface area contributed by atoms with Gasteiger partial charge in [0.05, 0.1) is 5.69 Å². The maximum Gasteiger partial charge on any atom is 0.162 e. The highest BCUT2D eigenvalue weighted by atomic mass is 15.3. The van der Waals surface area contributed by atoms with Gasteiger partial charge in [-0.3, -0.25) is 0 Å². The molecule has 0 unspecified atom stereocenters. The second kappa shape index (κ2) is 5.50. The third-order valence-electron chi connectivity index (χ3n) is 3.10. The van der Waals surface area contributed by atoms with Gasteiger partial charge < -0.3 is 5.43 Å². The zero-order chi connectivity index (χ0) is 13.8. The fourth-order valence-corrected chi connectivity index (χ4v) is 2.03. The molecular formula is C16H14N4. The molecule has 1 aromatic heterocycles. The molecule has 3 N–H and O–H groups in total. The fraction of sp³-hybridized carbons (Fsp3) is 0. The van der Waals surface area contributed by atoms with Gasteiger partial charge in [-0.25, -0.2) is 5.84 Å². The van der Waals surface area contributed by atoms with E-state index in [0.29, 0.717) is 5.82 Å². The van der Waals surface area contributed by atoms with Crippen LogP contribution in [0.5, 0.6) is 0 Å². The number of hydrazine groups is 1. The first kappa shape index (κ1) is 12.3. The van der Waals surface area contributed by atoms with Gasteiger partial charge in [-0.1, -0.05) is 54.6 Å². The van der Waals surface area contributed by atoms with Gasteiger partial charge in [0.2, 0.25) is 0 Å². The highest BCUT2D eigenvalue weighted by Gasteiger charge is 2.02. The minimum atomic E-state index is 0.551. The van der Waals surface area contributed by atoms with E-state index in [2.05, 4.69) is 39.9 Å². The molecule has 1 heterocycles. The molecule has 0 aliphatic carbocycles. The van der Waals surface area contributed by atoms with Crippen LogP contribution in [0.4, 0.5) is 5.82 Å². The third-order valence-corrected chi connectivity index (χ3v) is 3.10. The van der Waals surface area contributed by atoms with Crippen molar-refractivity contribution in [2.24, 2.45) is 5.84 Å². The SMILES string of the molecule is NNc1ccc(-c2ccc(-c3ccccc3)cc2)nn1. The van der Waals surface area contributed by atoms with Crippen molar-refractivity contribution in [3.8, 4) is 22.4 Å². The zero-order valence-electron chi connectivity index (χ0n) is 10.8. The molecule has 0 saturated heterocycles. The second-order valence-electron chi connectivity index (χ2n) is 4.39. The van der Waals surface area contributed by atoms with Crippen molar-refractivity contribution in [3.05, 3.63) is 66.7 Å². The van der Waals surface area contributed by atoms with Crippen LogP contribution in [0.25, 0.3) is 22.4 Å². The number of nitrogen functional groups attached to an aromatic ring is 1. The first-order chi connectivity index (χ1) is 9.86. The summed E-state index contributed by atoms with van der Waals surface area (Å²) in [4.78, 5) is 0. The van der Waals surface area contributed by atoms with Gasteiger partial charge in [0.15, 0.2) is 5.82 Å². The van der Waals surface area contributed by atoms with Crippen LogP contribution in [0, 0.1) is 0 Å². The molecular weight excluding hydrogens is 248 g/mol. The van der Waals surface area contributed by atoms with Crippen molar-refractivity contribution in [2.45, 2.75) is 0 Å². The summed E-state index contributed by atoms with van der Waals surface area (Å²) in [6.45, 7) is 0. The van der Waals surface area contributed by atoms with Crippen LogP contribution < -0.4 is 11.3 Å². The van der Waals surface area contributed by atoms with Crippen molar-refractivity contribution in [1.82, 2.24) is 10.2 Å². The molecule has 98 valence electrons. The lowest BCUT2D eigenvalue weighted by Crippen LogP contribution is -2.08. The number of hydrogen-bond donors (Lipinski definition) is 2. The Bertz CT molecular complexity index is 676. The topological polar surface area (TPSA) is 63.8 Å². The van der Waals surface area contributed by atoms with Crippen LogP contribution in [0.2, 0.25) is 0 Å². The van der Waals surface area contributed by atoms with Gasteiger partial charge in [0.1, 0.15) is 0 Å². The molecule has 0 bridgehead atoms. The summed E-state index contributed by atoms with van der Waals surface area (Å²) in [5, 5.41) is 8.10. The van der Waals surface area contributed by atoms with Crippen molar-refractivity contribution in [3.63, 3.8) is 0 Å². The normalized spacial score (nSPS) is 10.2. The summed E-state index contributed by atoms with van der Waals surface area (Å²) in [5.74, 6) is 5.82. The maximum atomic E-state index is 5.27. The van der Waals surface area contributed by atoms with Crippen LogP contribution in [0.3, 0.4) is 0 Å². The molecule has 0 aliphatic heterocycles.